The normalized spacial score (nSPS) is 11.3. The number of carboxylic acids is 1. The molecule has 2 rings (SSSR count). The van der Waals surface area contributed by atoms with Gasteiger partial charge in [0.1, 0.15) is 0 Å². The van der Waals surface area contributed by atoms with Crippen molar-refractivity contribution < 1.29 is 14.5 Å². The van der Waals surface area contributed by atoms with Gasteiger partial charge in [0.05, 0.1) is 5.38 Å². The molecule has 0 amide bonds. The van der Waals surface area contributed by atoms with Crippen LogP contribution in [0, 0.1) is 0 Å². The maximum atomic E-state index is 11.4. The van der Waals surface area contributed by atoms with Crippen molar-refractivity contribution in [2.24, 2.45) is 0 Å². The van der Waals surface area contributed by atoms with Crippen LogP contribution in [-0.4, -0.2) is 11.1 Å². The summed E-state index contributed by atoms with van der Waals surface area (Å²) in [6.45, 7) is 8.54. The van der Waals surface area contributed by atoms with E-state index in [-0.39, 0.29) is 0 Å². The highest BCUT2D eigenvalue weighted by molar-refractivity contribution is 7.11. The number of aromatic nitrogens is 1. The van der Waals surface area contributed by atoms with Crippen molar-refractivity contribution in [2.45, 2.75) is 39.5 Å². The zero-order valence-corrected chi connectivity index (χ0v) is 13.1. The van der Waals surface area contributed by atoms with E-state index in [0.29, 0.717) is 16.8 Å². The van der Waals surface area contributed by atoms with Crippen molar-refractivity contribution in [3.05, 3.63) is 45.9 Å². The molecule has 0 radical (unpaired) electrons. The minimum absolute atomic E-state index is 0.345. The van der Waals surface area contributed by atoms with Gasteiger partial charge in [-0.3, -0.25) is 0 Å². The molecule has 0 fully saturated rings. The molecule has 1 aromatic heterocycles. The van der Waals surface area contributed by atoms with Crippen LogP contribution in [0.2, 0.25) is 0 Å². The number of hydrogen-bond acceptors (Lipinski definition) is 2. The number of nitrogens with zero attached hydrogens (tertiary/aromatic N) is 1. The summed E-state index contributed by atoms with van der Waals surface area (Å²) in [5.41, 5.74) is 3.39. The first-order chi connectivity index (χ1) is 9.43. The van der Waals surface area contributed by atoms with Crippen molar-refractivity contribution in [1.29, 1.82) is 0 Å². The van der Waals surface area contributed by atoms with E-state index >= 15 is 0 Å². The lowest BCUT2D eigenvalue weighted by molar-refractivity contribution is -0.594. The maximum Gasteiger partial charge on any atom is 0.413 e. The molecule has 0 saturated carbocycles. The first-order valence-electron chi connectivity index (χ1n) is 6.79. The van der Waals surface area contributed by atoms with E-state index in [4.69, 9.17) is 0 Å². The van der Waals surface area contributed by atoms with Gasteiger partial charge in [-0.25, -0.2) is 4.79 Å². The number of thiazole rings is 1. The number of para-hydroxylation sites is 1. The number of carboxylic acid groups (broad SMARTS) is 1. The maximum absolute atomic E-state index is 11.4. The summed E-state index contributed by atoms with van der Waals surface area (Å²) >= 11 is 1.26. The largest absolute Gasteiger partial charge is 0.473 e. The molecule has 0 atom stereocenters. The lowest BCUT2D eigenvalue weighted by Crippen LogP contribution is -2.37. The Morgan fingerprint density at radius 3 is 2.15 bits per heavy atom. The summed E-state index contributed by atoms with van der Waals surface area (Å²) in [5.74, 6) is -0.191. The summed E-state index contributed by atoms with van der Waals surface area (Å²) in [6.07, 6.45) is 1.85. The first kappa shape index (κ1) is 14.7. The predicted molar refractivity (Wildman–Crippen MR) is 81.0 cm³/mol. The third kappa shape index (κ3) is 2.61. The summed E-state index contributed by atoms with van der Waals surface area (Å²) in [7, 11) is 0. The summed E-state index contributed by atoms with van der Waals surface area (Å²) in [5, 5.41) is 11.5. The fourth-order valence-corrected chi connectivity index (χ4v) is 3.08. The number of aromatic carboxylic acids is 1. The van der Waals surface area contributed by atoms with Gasteiger partial charge < -0.3 is 5.11 Å². The molecule has 0 saturated heterocycles. The van der Waals surface area contributed by atoms with E-state index in [1.165, 1.54) is 22.5 Å². The molecular formula is C16H20NO2S+. The van der Waals surface area contributed by atoms with E-state index in [0.717, 1.165) is 5.69 Å². The average molecular weight is 290 g/mol. The van der Waals surface area contributed by atoms with Gasteiger partial charge in [0.15, 0.2) is 6.20 Å². The molecule has 1 N–H and O–H groups in total. The van der Waals surface area contributed by atoms with E-state index in [1.807, 2.05) is 16.1 Å². The summed E-state index contributed by atoms with van der Waals surface area (Å²) in [6, 6.07) is 6.23. The molecule has 0 aliphatic heterocycles. The Labute approximate surface area is 123 Å². The Balaban J connectivity index is 2.76. The van der Waals surface area contributed by atoms with Crippen molar-refractivity contribution in [3.63, 3.8) is 0 Å². The van der Waals surface area contributed by atoms with Gasteiger partial charge >= 0.3 is 11.0 Å². The monoisotopic (exact) mass is 290 g/mol. The van der Waals surface area contributed by atoms with Gasteiger partial charge in [-0.15, -0.1) is 4.57 Å². The average Bonchev–Trinajstić information content (AvgIpc) is 2.86. The topological polar surface area (TPSA) is 41.2 Å². The van der Waals surface area contributed by atoms with Gasteiger partial charge in [-0.05, 0) is 11.8 Å². The second-order valence-corrected chi connectivity index (χ2v) is 6.37. The minimum Gasteiger partial charge on any atom is -0.473 e. The molecule has 1 heterocycles. The third-order valence-electron chi connectivity index (χ3n) is 3.37. The van der Waals surface area contributed by atoms with Crippen LogP contribution in [0.4, 0.5) is 0 Å². The first-order valence-corrected chi connectivity index (χ1v) is 7.67. The molecule has 0 bridgehead atoms. The molecule has 1 aromatic carbocycles. The van der Waals surface area contributed by atoms with E-state index in [1.54, 1.807) is 0 Å². The molecule has 20 heavy (non-hydrogen) atoms. The summed E-state index contributed by atoms with van der Waals surface area (Å²) in [4.78, 5) is 11.4. The van der Waals surface area contributed by atoms with Gasteiger partial charge in [0.2, 0.25) is 5.69 Å². The smallest absolute Gasteiger partial charge is 0.413 e. The Morgan fingerprint density at radius 2 is 1.70 bits per heavy atom. The number of hydrogen-bond donors (Lipinski definition) is 1. The molecule has 0 unspecified atom stereocenters. The number of benzene rings is 1. The molecule has 0 spiro atoms. The molecule has 0 aliphatic carbocycles. The Bertz CT molecular complexity index is 603. The predicted octanol–water partition coefficient (Wildman–Crippen LogP) is 3.97. The van der Waals surface area contributed by atoms with Gasteiger partial charge in [0.25, 0.3) is 0 Å². The molecule has 3 nitrogen and oxygen atoms in total. The SMILES string of the molecule is CC(C)c1cccc(C(C)C)c1-[n+]1ccsc1C(=O)O. The second kappa shape index (κ2) is 5.75. The van der Waals surface area contributed by atoms with E-state index < -0.39 is 5.97 Å². The zero-order valence-electron chi connectivity index (χ0n) is 12.3. The van der Waals surface area contributed by atoms with Crippen LogP contribution in [0.1, 0.15) is 60.5 Å². The Morgan fingerprint density at radius 1 is 1.15 bits per heavy atom. The van der Waals surface area contributed by atoms with Crippen LogP contribution in [0.15, 0.2) is 29.8 Å². The summed E-state index contributed by atoms with van der Waals surface area (Å²) < 4.78 is 1.82. The van der Waals surface area contributed by atoms with Crippen LogP contribution in [-0.2, 0) is 0 Å². The van der Waals surface area contributed by atoms with E-state index in [2.05, 4.69) is 45.9 Å². The molecule has 2 aromatic rings. The lowest BCUT2D eigenvalue weighted by Gasteiger charge is -2.14. The Hall–Kier alpha value is -1.68. The standard InChI is InChI=1S/C16H19NO2S/c1-10(2)12-6-5-7-13(11(3)4)14(12)17-8-9-20-15(17)16(18)19/h5-11H,1-4H3/p+1. The molecule has 106 valence electrons. The highest BCUT2D eigenvalue weighted by Gasteiger charge is 2.29. The van der Waals surface area contributed by atoms with Gasteiger partial charge in [-0.2, -0.15) is 0 Å². The van der Waals surface area contributed by atoms with Crippen molar-refractivity contribution in [2.75, 3.05) is 0 Å². The second-order valence-electron chi connectivity index (χ2n) is 5.48. The van der Waals surface area contributed by atoms with Gasteiger partial charge in [-0.1, -0.05) is 57.2 Å². The fourth-order valence-electron chi connectivity index (χ4n) is 2.40. The van der Waals surface area contributed by atoms with Crippen LogP contribution in [0.3, 0.4) is 0 Å². The van der Waals surface area contributed by atoms with Crippen molar-refractivity contribution in [1.82, 2.24) is 0 Å². The minimum atomic E-state index is -0.881. The number of carbonyl (C=O) groups is 1. The highest BCUT2D eigenvalue weighted by Crippen LogP contribution is 2.28. The lowest BCUT2D eigenvalue weighted by atomic mass is 9.92. The van der Waals surface area contributed by atoms with Crippen LogP contribution < -0.4 is 4.57 Å². The van der Waals surface area contributed by atoms with Crippen LogP contribution in [0.5, 0.6) is 0 Å². The van der Waals surface area contributed by atoms with Gasteiger partial charge in [0, 0.05) is 11.1 Å². The molecule has 0 aliphatic rings. The Kier molecular flexibility index (Phi) is 4.23. The van der Waals surface area contributed by atoms with Crippen molar-refractivity contribution >= 4 is 17.3 Å². The van der Waals surface area contributed by atoms with Crippen molar-refractivity contribution in [3.8, 4) is 5.69 Å². The zero-order chi connectivity index (χ0) is 14.9. The highest BCUT2D eigenvalue weighted by atomic mass is 32.1. The quantitative estimate of drug-likeness (QED) is 0.866. The van der Waals surface area contributed by atoms with Crippen LogP contribution in [0.25, 0.3) is 5.69 Å². The fraction of sp³-hybridized carbons (Fsp3) is 0.375. The van der Waals surface area contributed by atoms with E-state index in [9.17, 15) is 9.90 Å². The third-order valence-corrected chi connectivity index (χ3v) is 4.23. The van der Waals surface area contributed by atoms with Crippen LogP contribution >= 0.6 is 11.3 Å². The molecule has 4 heteroatoms. The number of rotatable bonds is 4. The molecular weight excluding hydrogens is 270 g/mol.